The Bertz CT molecular complexity index is 286. The van der Waals surface area contributed by atoms with Crippen molar-refractivity contribution >= 4 is 28.3 Å². The fourth-order valence-corrected chi connectivity index (χ4v) is 1.83. The highest BCUT2D eigenvalue weighted by Crippen LogP contribution is 2.44. The van der Waals surface area contributed by atoms with Gasteiger partial charge in [0.2, 0.25) is 0 Å². The van der Waals surface area contributed by atoms with Crippen LogP contribution in [0.4, 0.5) is 0 Å². The summed E-state index contributed by atoms with van der Waals surface area (Å²) >= 11 is 3.43. The zero-order valence-electron chi connectivity index (χ0n) is 6.46. The summed E-state index contributed by atoms with van der Waals surface area (Å²) in [6, 6.07) is 1.98. The van der Waals surface area contributed by atoms with Gasteiger partial charge in [-0.3, -0.25) is 4.98 Å². The molecule has 66 valence electrons. The van der Waals surface area contributed by atoms with Crippen molar-refractivity contribution in [1.29, 1.82) is 0 Å². The summed E-state index contributed by atoms with van der Waals surface area (Å²) in [5, 5.41) is 0. The summed E-state index contributed by atoms with van der Waals surface area (Å²) < 4.78 is 1.03. The third-order valence-electron chi connectivity index (χ3n) is 2.10. The van der Waals surface area contributed by atoms with Crippen molar-refractivity contribution in [3.8, 4) is 0 Å². The van der Waals surface area contributed by atoms with E-state index in [9.17, 15) is 0 Å². The maximum Gasteiger partial charge on any atom is 0.0423 e. The van der Waals surface area contributed by atoms with Crippen LogP contribution in [0.1, 0.15) is 18.4 Å². The van der Waals surface area contributed by atoms with Gasteiger partial charge in [0.1, 0.15) is 0 Å². The molecule has 4 heteroatoms. The molecule has 1 aliphatic rings. The van der Waals surface area contributed by atoms with Crippen LogP contribution in [0.25, 0.3) is 0 Å². The van der Waals surface area contributed by atoms with Gasteiger partial charge < -0.3 is 5.73 Å². The predicted octanol–water partition coefficient (Wildman–Crippen LogP) is 2.21. The van der Waals surface area contributed by atoms with E-state index in [2.05, 4.69) is 20.9 Å². The lowest BCUT2D eigenvalue weighted by molar-refractivity contribution is 0.733. The smallest absolute Gasteiger partial charge is 0.0423 e. The van der Waals surface area contributed by atoms with E-state index < -0.39 is 0 Å². The Morgan fingerprint density at radius 1 is 1.50 bits per heavy atom. The Balaban J connectivity index is 0.000000720. The lowest BCUT2D eigenvalue weighted by Crippen LogP contribution is -2.19. The van der Waals surface area contributed by atoms with Gasteiger partial charge in [-0.15, -0.1) is 12.4 Å². The van der Waals surface area contributed by atoms with Gasteiger partial charge in [-0.2, -0.15) is 0 Å². The molecule has 0 radical (unpaired) electrons. The molecule has 12 heavy (non-hydrogen) atoms. The molecule has 0 amide bonds. The molecule has 0 saturated heterocycles. The molecule has 1 fully saturated rings. The second kappa shape index (κ2) is 3.32. The summed E-state index contributed by atoms with van der Waals surface area (Å²) in [5.74, 6) is 0. The van der Waals surface area contributed by atoms with Gasteiger partial charge in [0, 0.05) is 22.4 Å². The van der Waals surface area contributed by atoms with E-state index in [1.54, 1.807) is 12.4 Å². The molecule has 2 N–H and O–H groups in total. The van der Waals surface area contributed by atoms with Crippen molar-refractivity contribution in [3.63, 3.8) is 0 Å². The van der Waals surface area contributed by atoms with Gasteiger partial charge in [0.25, 0.3) is 0 Å². The summed E-state index contributed by atoms with van der Waals surface area (Å²) in [6.07, 6.45) is 5.76. The monoisotopic (exact) mass is 248 g/mol. The molecule has 1 heterocycles. The number of hydrogen-bond acceptors (Lipinski definition) is 2. The molecule has 0 aliphatic heterocycles. The number of hydrogen-bond donors (Lipinski definition) is 1. The van der Waals surface area contributed by atoms with Crippen molar-refractivity contribution in [2.24, 2.45) is 5.73 Å². The van der Waals surface area contributed by atoms with E-state index in [-0.39, 0.29) is 17.9 Å². The topological polar surface area (TPSA) is 38.9 Å². The van der Waals surface area contributed by atoms with Crippen LogP contribution in [0.5, 0.6) is 0 Å². The van der Waals surface area contributed by atoms with Crippen molar-refractivity contribution in [2.75, 3.05) is 0 Å². The van der Waals surface area contributed by atoms with Crippen molar-refractivity contribution in [3.05, 3.63) is 28.5 Å². The first-order valence-corrected chi connectivity index (χ1v) is 4.40. The van der Waals surface area contributed by atoms with E-state index in [1.807, 2.05) is 6.07 Å². The van der Waals surface area contributed by atoms with Gasteiger partial charge in [-0.25, -0.2) is 0 Å². The van der Waals surface area contributed by atoms with E-state index in [0.29, 0.717) is 0 Å². The van der Waals surface area contributed by atoms with Crippen LogP contribution >= 0.6 is 28.3 Å². The molecular weight excluding hydrogens is 239 g/mol. The molecule has 0 aromatic carbocycles. The molecular formula is C8H10BrClN2. The lowest BCUT2D eigenvalue weighted by atomic mass is 10.1. The first-order valence-electron chi connectivity index (χ1n) is 3.61. The molecule has 2 rings (SSSR count). The maximum absolute atomic E-state index is 6.01. The highest BCUT2D eigenvalue weighted by atomic mass is 79.9. The average molecular weight is 250 g/mol. The maximum atomic E-state index is 6.01. The van der Waals surface area contributed by atoms with Crippen LogP contribution in [-0.4, -0.2) is 4.98 Å². The fourth-order valence-electron chi connectivity index (χ4n) is 1.18. The largest absolute Gasteiger partial charge is 0.321 e. The van der Waals surface area contributed by atoms with E-state index in [0.717, 1.165) is 17.3 Å². The van der Waals surface area contributed by atoms with Gasteiger partial charge in [0.05, 0.1) is 0 Å². The summed E-state index contributed by atoms with van der Waals surface area (Å²) in [7, 11) is 0. The number of pyridine rings is 1. The van der Waals surface area contributed by atoms with Gasteiger partial charge in [-0.1, -0.05) is 0 Å². The normalized spacial score (nSPS) is 18.2. The van der Waals surface area contributed by atoms with Gasteiger partial charge in [-0.05, 0) is 40.4 Å². The average Bonchev–Trinajstić information content (AvgIpc) is 2.70. The third kappa shape index (κ3) is 1.63. The summed E-state index contributed by atoms with van der Waals surface area (Å²) in [4.78, 5) is 3.98. The van der Waals surface area contributed by atoms with Crippen LogP contribution in [0.15, 0.2) is 22.9 Å². The number of rotatable bonds is 1. The molecule has 1 aromatic rings. The molecule has 1 aromatic heterocycles. The standard InChI is InChI=1S/C8H9BrN2.ClH/c9-7-5-11-4-1-6(7)8(10)2-3-8;/h1,4-5H,2-3,10H2;1H. The molecule has 0 atom stereocenters. The van der Waals surface area contributed by atoms with Crippen LogP contribution < -0.4 is 5.73 Å². The Hall–Kier alpha value is -0.120. The molecule has 2 nitrogen and oxygen atoms in total. The first-order chi connectivity index (χ1) is 5.22. The molecule has 0 spiro atoms. The molecule has 1 aliphatic carbocycles. The van der Waals surface area contributed by atoms with E-state index in [4.69, 9.17) is 5.73 Å². The van der Waals surface area contributed by atoms with Gasteiger partial charge >= 0.3 is 0 Å². The lowest BCUT2D eigenvalue weighted by Gasteiger charge is -2.09. The Labute approximate surface area is 86.1 Å². The Morgan fingerprint density at radius 3 is 2.67 bits per heavy atom. The summed E-state index contributed by atoms with van der Waals surface area (Å²) in [6.45, 7) is 0. The van der Waals surface area contributed by atoms with E-state index in [1.165, 1.54) is 5.56 Å². The second-order valence-corrected chi connectivity index (χ2v) is 3.87. The quantitative estimate of drug-likeness (QED) is 0.829. The first kappa shape index (κ1) is 9.96. The van der Waals surface area contributed by atoms with E-state index >= 15 is 0 Å². The van der Waals surface area contributed by atoms with Crippen molar-refractivity contribution in [1.82, 2.24) is 4.98 Å². The predicted molar refractivity (Wildman–Crippen MR) is 54.3 cm³/mol. The molecule has 1 saturated carbocycles. The zero-order valence-corrected chi connectivity index (χ0v) is 8.86. The minimum absolute atomic E-state index is 0. The van der Waals surface area contributed by atoms with Crippen molar-refractivity contribution < 1.29 is 0 Å². The van der Waals surface area contributed by atoms with Crippen LogP contribution in [0, 0.1) is 0 Å². The SMILES string of the molecule is Cl.NC1(c2ccncc2Br)CC1. The highest BCUT2D eigenvalue weighted by molar-refractivity contribution is 9.10. The van der Waals surface area contributed by atoms with Crippen LogP contribution in [0.2, 0.25) is 0 Å². The number of halogens is 2. The number of nitrogens with two attached hydrogens (primary N) is 1. The van der Waals surface area contributed by atoms with Crippen LogP contribution in [0.3, 0.4) is 0 Å². The second-order valence-electron chi connectivity index (χ2n) is 3.01. The van der Waals surface area contributed by atoms with Crippen LogP contribution in [-0.2, 0) is 5.54 Å². The Morgan fingerprint density at radius 2 is 2.17 bits per heavy atom. The number of nitrogens with zero attached hydrogens (tertiary/aromatic N) is 1. The fraction of sp³-hybridized carbons (Fsp3) is 0.375. The minimum Gasteiger partial charge on any atom is -0.321 e. The molecule has 0 bridgehead atoms. The van der Waals surface area contributed by atoms with Crippen molar-refractivity contribution in [2.45, 2.75) is 18.4 Å². The third-order valence-corrected chi connectivity index (χ3v) is 2.73. The summed E-state index contributed by atoms with van der Waals surface area (Å²) in [5.41, 5.74) is 7.14. The Kier molecular flexibility index (Phi) is 2.76. The minimum atomic E-state index is -0.0538. The highest BCUT2D eigenvalue weighted by Gasteiger charge is 2.41. The number of aromatic nitrogens is 1. The zero-order chi connectivity index (χ0) is 7.90. The van der Waals surface area contributed by atoms with Gasteiger partial charge in [0.15, 0.2) is 0 Å². The molecule has 0 unspecified atom stereocenters.